The first-order chi connectivity index (χ1) is 17.9. The van der Waals surface area contributed by atoms with Crippen molar-refractivity contribution in [2.24, 2.45) is 0 Å². The molecule has 6 nitrogen and oxygen atoms in total. The van der Waals surface area contributed by atoms with Crippen LogP contribution in [0.25, 0.3) is 0 Å². The Labute approximate surface area is 217 Å². The molecule has 37 heavy (non-hydrogen) atoms. The van der Waals surface area contributed by atoms with Crippen LogP contribution in [0.3, 0.4) is 0 Å². The van der Waals surface area contributed by atoms with E-state index < -0.39 is 23.7 Å². The minimum absolute atomic E-state index is 0.181. The molecular formula is C31H33NO5. The maximum Gasteiger partial charge on any atom is 0.326 e. The van der Waals surface area contributed by atoms with Gasteiger partial charge in [0.15, 0.2) is 6.10 Å². The molecule has 0 saturated heterocycles. The molecule has 1 amide bonds. The number of fused-ring (bicyclic) bond motifs is 1. The molecule has 1 aliphatic carbocycles. The van der Waals surface area contributed by atoms with E-state index in [0.717, 1.165) is 47.9 Å². The van der Waals surface area contributed by atoms with Gasteiger partial charge in [0.05, 0.1) is 5.60 Å². The molecule has 0 unspecified atom stereocenters. The molecule has 3 aromatic carbocycles. The molecule has 0 aromatic heterocycles. The predicted molar refractivity (Wildman–Crippen MR) is 140 cm³/mol. The van der Waals surface area contributed by atoms with Gasteiger partial charge in [0, 0.05) is 18.5 Å². The number of carbonyl (C=O) groups is 2. The molecule has 0 bridgehead atoms. The van der Waals surface area contributed by atoms with Gasteiger partial charge >= 0.3 is 5.97 Å². The van der Waals surface area contributed by atoms with Crippen LogP contribution in [-0.2, 0) is 33.9 Å². The molecule has 5 rings (SSSR count). The fourth-order valence-corrected chi connectivity index (χ4v) is 5.48. The van der Waals surface area contributed by atoms with Crippen molar-refractivity contribution in [3.8, 4) is 5.75 Å². The number of benzene rings is 3. The first kappa shape index (κ1) is 25.0. The van der Waals surface area contributed by atoms with Gasteiger partial charge in [-0.05, 0) is 42.5 Å². The number of rotatable bonds is 8. The highest BCUT2D eigenvalue weighted by atomic mass is 16.5. The fourth-order valence-electron chi connectivity index (χ4n) is 5.48. The Balaban J connectivity index is 1.43. The van der Waals surface area contributed by atoms with Crippen molar-refractivity contribution >= 4 is 11.9 Å². The minimum Gasteiger partial charge on any atom is -0.489 e. The Morgan fingerprint density at radius 3 is 2.32 bits per heavy atom. The number of aliphatic carboxylic acids is 1. The lowest BCUT2D eigenvalue weighted by molar-refractivity contribution is -0.166. The number of carbonyl (C=O) groups excluding carboxylic acids is 1. The Hall–Kier alpha value is -3.64. The number of carboxylic acid groups (broad SMARTS) is 1. The minimum atomic E-state index is -1.03. The van der Waals surface area contributed by atoms with E-state index in [1.807, 2.05) is 78.9 Å². The summed E-state index contributed by atoms with van der Waals surface area (Å²) in [4.78, 5) is 28.0. The monoisotopic (exact) mass is 499 g/mol. The maximum atomic E-state index is 14.1. The standard InChI is InChI=1S/C31H33NO5/c1-31(17-8-9-18-31)37-28(23-13-6-3-7-14-23)29(33)32-20-24-15-10-16-27(25(24)19-26(32)30(34)35)36-21-22-11-4-2-5-12-22/h2-7,10-16,26,28H,8-9,17-21H2,1H3,(H,34,35)/t26-,28-/m1/s1. The average molecular weight is 500 g/mol. The first-order valence-electron chi connectivity index (χ1n) is 13.0. The summed E-state index contributed by atoms with van der Waals surface area (Å²) in [6.07, 6.45) is 3.22. The van der Waals surface area contributed by atoms with Gasteiger partial charge in [-0.3, -0.25) is 4.79 Å². The van der Waals surface area contributed by atoms with E-state index in [1.165, 1.54) is 4.90 Å². The predicted octanol–water partition coefficient (Wildman–Crippen LogP) is 5.69. The van der Waals surface area contributed by atoms with Gasteiger partial charge in [0.2, 0.25) is 0 Å². The molecule has 1 fully saturated rings. The summed E-state index contributed by atoms with van der Waals surface area (Å²) >= 11 is 0. The lowest BCUT2D eigenvalue weighted by Gasteiger charge is -2.39. The molecule has 6 heteroatoms. The summed E-state index contributed by atoms with van der Waals surface area (Å²) < 4.78 is 12.6. The zero-order chi connectivity index (χ0) is 25.8. The van der Waals surface area contributed by atoms with Crippen molar-refractivity contribution in [3.05, 3.63) is 101 Å². The smallest absolute Gasteiger partial charge is 0.326 e. The Bertz CT molecular complexity index is 1240. The third-order valence-corrected chi connectivity index (χ3v) is 7.54. The van der Waals surface area contributed by atoms with Crippen molar-refractivity contribution < 1.29 is 24.2 Å². The van der Waals surface area contributed by atoms with Crippen LogP contribution in [0.4, 0.5) is 0 Å². The zero-order valence-electron chi connectivity index (χ0n) is 21.1. The lowest BCUT2D eigenvalue weighted by Crippen LogP contribution is -2.51. The highest BCUT2D eigenvalue weighted by Crippen LogP contribution is 2.39. The second-order valence-corrected chi connectivity index (χ2v) is 10.3. The van der Waals surface area contributed by atoms with Crippen LogP contribution >= 0.6 is 0 Å². The highest BCUT2D eigenvalue weighted by molar-refractivity contribution is 5.88. The van der Waals surface area contributed by atoms with Crippen molar-refractivity contribution in [1.29, 1.82) is 0 Å². The molecule has 0 spiro atoms. The summed E-state index contributed by atoms with van der Waals surface area (Å²) in [5.41, 5.74) is 3.12. The number of amides is 1. The maximum absolute atomic E-state index is 14.1. The van der Waals surface area contributed by atoms with E-state index in [2.05, 4.69) is 6.92 Å². The number of hydrogen-bond acceptors (Lipinski definition) is 4. The second-order valence-electron chi connectivity index (χ2n) is 10.3. The molecule has 2 aliphatic rings. The Morgan fingerprint density at radius 1 is 0.973 bits per heavy atom. The van der Waals surface area contributed by atoms with Crippen LogP contribution < -0.4 is 4.74 Å². The van der Waals surface area contributed by atoms with Crippen LogP contribution in [0, 0.1) is 0 Å². The SMILES string of the molecule is CC1(O[C@@H](C(=O)N2Cc3cccc(OCc4ccccc4)c3C[C@@H]2C(=O)O)c2ccccc2)CCCC1. The fraction of sp³-hybridized carbons (Fsp3) is 0.355. The van der Waals surface area contributed by atoms with Crippen LogP contribution in [-0.4, -0.2) is 33.5 Å². The van der Waals surface area contributed by atoms with Gasteiger partial charge in [-0.25, -0.2) is 4.79 Å². The van der Waals surface area contributed by atoms with Crippen molar-refractivity contribution in [3.63, 3.8) is 0 Å². The number of ether oxygens (including phenoxy) is 2. The van der Waals surface area contributed by atoms with Crippen LogP contribution in [0.2, 0.25) is 0 Å². The summed E-state index contributed by atoms with van der Waals surface area (Å²) in [6, 6.07) is 24.0. The third kappa shape index (κ3) is 5.54. The first-order valence-corrected chi connectivity index (χ1v) is 13.0. The Kier molecular flexibility index (Phi) is 7.28. The molecular weight excluding hydrogens is 466 g/mol. The summed E-state index contributed by atoms with van der Waals surface area (Å²) in [5.74, 6) is -0.683. The van der Waals surface area contributed by atoms with Crippen molar-refractivity contribution in [1.82, 2.24) is 4.90 Å². The van der Waals surface area contributed by atoms with Crippen LogP contribution in [0.5, 0.6) is 5.75 Å². The van der Waals surface area contributed by atoms with Crippen molar-refractivity contribution in [2.45, 2.75) is 69.9 Å². The van der Waals surface area contributed by atoms with Gasteiger partial charge in [-0.15, -0.1) is 0 Å². The lowest BCUT2D eigenvalue weighted by atomic mass is 9.92. The summed E-state index contributed by atoms with van der Waals surface area (Å²) in [5, 5.41) is 10.2. The molecule has 1 heterocycles. The quantitative estimate of drug-likeness (QED) is 0.431. The normalized spacial score (nSPS) is 19.2. The molecule has 192 valence electrons. The molecule has 0 radical (unpaired) electrons. The average Bonchev–Trinajstić information content (AvgIpc) is 3.36. The largest absolute Gasteiger partial charge is 0.489 e. The third-order valence-electron chi connectivity index (χ3n) is 7.54. The van der Waals surface area contributed by atoms with Gasteiger partial charge in [-0.1, -0.05) is 85.6 Å². The zero-order valence-corrected chi connectivity index (χ0v) is 21.1. The van der Waals surface area contributed by atoms with Gasteiger partial charge < -0.3 is 19.5 Å². The van der Waals surface area contributed by atoms with Crippen LogP contribution in [0.1, 0.15) is 61.0 Å². The van der Waals surface area contributed by atoms with E-state index >= 15 is 0 Å². The van der Waals surface area contributed by atoms with E-state index in [0.29, 0.717) is 12.4 Å². The van der Waals surface area contributed by atoms with E-state index in [1.54, 1.807) is 0 Å². The van der Waals surface area contributed by atoms with Gasteiger partial charge in [-0.2, -0.15) is 0 Å². The second kappa shape index (κ2) is 10.8. The summed E-state index contributed by atoms with van der Waals surface area (Å²) in [6.45, 7) is 2.64. The van der Waals surface area contributed by atoms with E-state index in [-0.39, 0.29) is 18.9 Å². The van der Waals surface area contributed by atoms with E-state index in [9.17, 15) is 14.7 Å². The highest BCUT2D eigenvalue weighted by Gasteiger charge is 2.42. The molecule has 1 N–H and O–H groups in total. The number of nitrogens with zero attached hydrogens (tertiary/aromatic N) is 1. The van der Waals surface area contributed by atoms with Gasteiger partial charge in [0.1, 0.15) is 18.4 Å². The molecule has 3 aromatic rings. The van der Waals surface area contributed by atoms with Gasteiger partial charge in [0.25, 0.3) is 5.91 Å². The number of hydrogen-bond donors (Lipinski definition) is 1. The van der Waals surface area contributed by atoms with Crippen molar-refractivity contribution in [2.75, 3.05) is 0 Å². The Morgan fingerprint density at radius 2 is 1.65 bits per heavy atom. The molecule has 1 saturated carbocycles. The summed E-state index contributed by atoms with van der Waals surface area (Å²) in [7, 11) is 0. The molecule has 1 aliphatic heterocycles. The van der Waals surface area contributed by atoms with E-state index in [4.69, 9.17) is 9.47 Å². The topological polar surface area (TPSA) is 76.1 Å². The van der Waals surface area contributed by atoms with Crippen LogP contribution in [0.15, 0.2) is 78.9 Å². The molecule has 2 atom stereocenters. The number of carboxylic acids is 1.